The molecule has 2 heteroatoms. The summed E-state index contributed by atoms with van der Waals surface area (Å²) in [5.74, 6) is 0.961. The van der Waals surface area contributed by atoms with Crippen LogP contribution >= 0.6 is 0 Å². The van der Waals surface area contributed by atoms with E-state index in [1.54, 1.807) is 0 Å². The molecule has 0 saturated carbocycles. The Morgan fingerprint density at radius 3 is 2.86 bits per heavy atom. The van der Waals surface area contributed by atoms with Crippen molar-refractivity contribution in [3.63, 3.8) is 0 Å². The molecular weight excluding hydrogens is 174 g/mol. The second-order valence-corrected chi connectivity index (χ2v) is 3.26. The van der Waals surface area contributed by atoms with Crippen molar-refractivity contribution in [1.29, 1.82) is 0 Å². The standard InChI is InChI=1S/C12H19NO/c1-3-8-13-10-11-6-5-7-12(9-11)14-4-2/h5-7,9,13H,3-4,8,10H2,1-2H3. The molecule has 0 radical (unpaired) electrons. The van der Waals surface area contributed by atoms with Crippen LogP contribution in [0.1, 0.15) is 25.8 Å². The number of hydrogen-bond acceptors (Lipinski definition) is 2. The molecule has 0 aliphatic heterocycles. The summed E-state index contributed by atoms with van der Waals surface area (Å²) in [7, 11) is 0. The second-order valence-electron chi connectivity index (χ2n) is 3.26. The van der Waals surface area contributed by atoms with Crippen molar-refractivity contribution in [3.05, 3.63) is 29.8 Å². The zero-order valence-electron chi connectivity index (χ0n) is 9.05. The van der Waals surface area contributed by atoms with Crippen molar-refractivity contribution in [2.45, 2.75) is 26.8 Å². The maximum absolute atomic E-state index is 5.43. The molecule has 1 N–H and O–H groups in total. The van der Waals surface area contributed by atoms with Crippen molar-refractivity contribution >= 4 is 0 Å². The van der Waals surface area contributed by atoms with E-state index in [9.17, 15) is 0 Å². The van der Waals surface area contributed by atoms with Crippen molar-refractivity contribution in [2.24, 2.45) is 0 Å². The SMILES string of the molecule is CCCNCc1cccc(OCC)c1. The summed E-state index contributed by atoms with van der Waals surface area (Å²) in [6.45, 7) is 6.89. The molecule has 0 aromatic heterocycles. The molecule has 0 spiro atoms. The molecule has 1 aromatic rings. The van der Waals surface area contributed by atoms with Gasteiger partial charge in [-0.3, -0.25) is 0 Å². The number of nitrogens with one attached hydrogen (secondary N) is 1. The third-order valence-electron chi connectivity index (χ3n) is 1.97. The lowest BCUT2D eigenvalue weighted by Crippen LogP contribution is -2.13. The third-order valence-corrected chi connectivity index (χ3v) is 1.97. The number of rotatable bonds is 6. The number of hydrogen-bond donors (Lipinski definition) is 1. The highest BCUT2D eigenvalue weighted by Gasteiger charge is 1.95. The Kier molecular flexibility index (Phi) is 5.08. The van der Waals surface area contributed by atoms with Gasteiger partial charge in [0.15, 0.2) is 0 Å². The Hall–Kier alpha value is -1.02. The van der Waals surface area contributed by atoms with Crippen LogP contribution in [0, 0.1) is 0 Å². The predicted molar refractivity (Wildman–Crippen MR) is 59.6 cm³/mol. The minimum absolute atomic E-state index is 0.728. The van der Waals surface area contributed by atoms with Gasteiger partial charge >= 0.3 is 0 Å². The van der Waals surface area contributed by atoms with E-state index in [-0.39, 0.29) is 0 Å². The first-order valence-corrected chi connectivity index (χ1v) is 5.29. The van der Waals surface area contributed by atoms with Crippen LogP contribution in [-0.4, -0.2) is 13.2 Å². The molecule has 0 atom stereocenters. The van der Waals surface area contributed by atoms with Gasteiger partial charge in [0.1, 0.15) is 5.75 Å². The van der Waals surface area contributed by atoms with Gasteiger partial charge in [-0.1, -0.05) is 19.1 Å². The van der Waals surface area contributed by atoms with Crippen LogP contribution in [0.5, 0.6) is 5.75 Å². The molecule has 1 aromatic carbocycles. The van der Waals surface area contributed by atoms with Gasteiger partial charge in [0.05, 0.1) is 6.61 Å². The summed E-state index contributed by atoms with van der Waals surface area (Å²) in [6, 6.07) is 8.23. The molecule has 14 heavy (non-hydrogen) atoms. The highest BCUT2D eigenvalue weighted by atomic mass is 16.5. The molecule has 0 aliphatic carbocycles. The summed E-state index contributed by atoms with van der Waals surface area (Å²) in [6.07, 6.45) is 1.17. The zero-order chi connectivity index (χ0) is 10.2. The van der Waals surface area contributed by atoms with E-state index in [0.717, 1.165) is 25.4 Å². The smallest absolute Gasteiger partial charge is 0.119 e. The van der Waals surface area contributed by atoms with Gasteiger partial charge in [-0.2, -0.15) is 0 Å². The molecule has 0 bridgehead atoms. The summed E-state index contributed by atoms with van der Waals surface area (Å²) in [5.41, 5.74) is 1.28. The van der Waals surface area contributed by atoms with Crippen LogP contribution in [0.4, 0.5) is 0 Å². The van der Waals surface area contributed by atoms with E-state index in [2.05, 4.69) is 24.4 Å². The van der Waals surface area contributed by atoms with E-state index in [4.69, 9.17) is 4.74 Å². The van der Waals surface area contributed by atoms with Crippen molar-refractivity contribution in [3.8, 4) is 5.75 Å². The molecule has 0 unspecified atom stereocenters. The first kappa shape index (κ1) is 11.1. The van der Waals surface area contributed by atoms with Crippen LogP contribution in [-0.2, 0) is 6.54 Å². The lowest BCUT2D eigenvalue weighted by molar-refractivity contribution is 0.340. The van der Waals surface area contributed by atoms with E-state index in [1.165, 1.54) is 12.0 Å². The van der Waals surface area contributed by atoms with E-state index < -0.39 is 0 Å². The molecular formula is C12H19NO. The van der Waals surface area contributed by atoms with Crippen molar-refractivity contribution in [1.82, 2.24) is 5.32 Å². The molecule has 0 saturated heterocycles. The van der Waals surface area contributed by atoms with E-state index in [0.29, 0.717) is 0 Å². The van der Waals surface area contributed by atoms with Crippen molar-refractivity contribution in [2.75, 3.05) is 13.2 Å². The predicted octanol–water partition coefficient (Wildman–Crippen LogP) is 2.58. The minimum atomic E-state index is 0.728. The normalized spacial score (nSPS) is 10.1. The fourth-order valence-corrected chi connectivity index (χ4v) is 1.32. The first-order chi connectivity index (χ1) is 6.86. The number of benzene rings is 1. The zero-order valence-corrected chi connectivity index (χ0v) is 9.05. The highest BCUT2D eigenvalue weighted by molar-refractivity contribution is 5.28. The Balaban J connectivity index is 2.46. The maximum Gasteiger partial charge on any atom is 0.119 e. The van der Waals surface area contributed by atoms with Gasteiger partial charge < -0.3 is 10.1 Å². The molecule has 1 rings (SSSR count). The van der Waals surface area contributed by atoms with E-state index in [1.807, 2.05) is 19.1 Å². The summed E-state index contributed by atoms with van der Waals surface area (Å²) >= 11 is 0. The fourth-order valence-electron chi connectivity index (χ4n) is 1.32. The maximum atomic E-state index is 5.43. The van der Waals surface area contributed by atoms with E-state index >= 15 is 0 Å². The summed E-state index contributed by atoms with van der Waals surface area (Å²) in [5, 5.41) is 3.37. The molecule has 0 fully saturated rings. The Bertz CT molecular complexity index is 260. The largest absolute Gasteiger partial charge is 0.494 e. The van der Waals surface area contributed by atoms with Crippen molar-refractivity contribution < 1.29 is 4.74 Å². The first-order valence-electron chi connectivity index (χ1n) is 5.29. The quantitative estimate of drug-likeness (QED) is 0.701. The summed E-state index contributed by atoms with van der Waals surface area (Å²) in [4.78, 5) is 0. The lowest BCUT2D eigenvalue weighted by atomic mass is 10.2. The van der Waals surface area contributed by atoms with Gasteiger partial charge in [0.25, 0.3) is 0 Å². The van der Waals surface area contributed by atoms with Crippen LogP contribution in [0.25, 0.3) is 0 Å². The van der Waals surface area contributed by atoms with Crippen LogP contribution in [0.3, 0.4) is 0 Å². The van der Waals surface area contributed by atoms with Crippen LogP contribution in [0.15, 0.2) is 24.3 Å². The average molecular weight is 193 g/mol. The summed E-state index contributed by atoms with van der Waals surface area (Å²) < 4.78 is 5.43. The molecule has 0 aliphatic rings. The lowest BCUT2D eigenvalue weighted by Gasteiger charge is -2.06. The number of ether oxygens (including phenoxy) is 1. The Labute approximate surface area is 86.3 Å². The van der Waals surface area contributed by atoms with Gasteiger partial charge in [-0.15, -0.1) is 0 Å². The molecule has 0 heterocycles. The van der Waals surface area contributed by atoms with Gasteiger partial charge in [-0.05, 0) is 37.6 Å². The topological polar surface area (TPSA) is 21.3 Å². The van der Waals surface area contributed by atoms with Crippen LogP contribution < -0.4 is 10.1 Å². The minimum Gasteiger partial charge on any atom is -0.494 e. The molecule has 0 amide bonds. The Morgan fingerprint density at radius 1 is 1.29 bits per heavy atom. The molecule has 2 nitrogen and oxygen atoms in total. The van der Waals surface area contributed by atoms with Gasteiger partial charge in [-0.25, -0.2) is 0 Å². The third kappa shape index (κ3) is 3.79. The Morgan fingerprint density at radius 2 is 2.14 bits per heavy atom. The van der Waals surface area contributed by atoms with Crippen LogP contribution in [0.2, 0.25) is 0 Å². The monoisotopic (exact) mass is 193 g/mol. The van der Waals surface area contributed by atoms with Gasteiger partial charge in [0, 0.05) is 6.54 Å². The fraction of sp³-hybridized carbons (Fsp3) is 0.500. The second kappa shape index (κ2) is 6.44. The van der Waals surface area contributed by atoms with Gasteiger partial charge in [0.2, 0.25) is 0 Å². The highest BCUT2D eigenvalue weighted by Crippen LogP contribution is 2.12. The molecule has 78 valence electrons. The average Bonchev–Trinajstić information content (AvgIpc) is 2.19.